The maximum absolute atomic E-state index is 12.9. The number of rotatable bonds is 7. The van der Waals surface area contributed by atoms with Crippen LogP contribution in [0.3, 0.4) is 0 Å². The number of para-hydroxylation sites is 1. The van der Waals surface area contributed by atoms with Crippen molar-refractivity contribution in [3.8, 4) is 6.07 Å². The molecule has 136 valence electrons. The second-order valence-corrected chi connectivity index (χ2v) is 6.48. The first-order valence-electron chi connectivity index (χ1n) is 8.83. The summed E-state index contributed by atoms with van der Waals surface area (Å²) < 4.78 is 0. The Hall–Kier alpha value is -3.23. The zero-order valence-electron chi connectivity index (χ0n) is 14.8. The molecule has 0 aliphatic carbocycles. The molecule has 0 spiro atoms. The fraction of sp³-hybridized carbons (Fsp3) is 0.227. The molecule has 1 aliphatic heterocycles. The number of anilines is 1. The molecule has 0 bridgehead atoms. The molecule has 1 heterocycles. The number of hydrogen-bond acceptors (Lipinski definition) is 4. The molecule has 27 heavy (non-hydrogen) atoms. The number of nitriles is 1. The lowest BCUT2D eigenvalue weighted by Gasteiger charge is -2.22. The molecule has 3 rings (SSSR count). The van der Waals surface area contributed by atoms with E-state index in [9.17, 15) is 14.7 Å². The molecule has 1 amide bonds. The van der Waals surface area contributed by atoms with Gasteiger partial charge >= 0.3 is 0 Å². The predicted octanol–water partition coefficient (Wildman–Crippen LogP) is 3.20. The van der Waals surface area contributed by atoms with Crippen LogP contribution in [0.4, 0.5) is 5.69 Å². The third kappa shape index (κ3) is 3.81. The summed E-state index contributed by atoms with van der Waals surface area (Å²) in [5.41, 5.74) is 0.0340. The maximum Gasteiger partial charge on any atom is 0.264 e. The van der Waals surface area contributed by atoms with E-state index in [1.165, 1.54) is 11.0 Å². The van der Waals surface area contributed by atoms with E-state index in [0.717, 1.165) is 5.56 Å². The molecule has 5 heteroatoms. The maximum atomic E-state index is 12.9. The van der Waals surface area contributed by atoms with Crippen molar-refractivity contribution in [2.24, 2.45) is 0 Å². The molecular formula is C22H20N2O3. The monoisotopic (exact) mass is 360 g/mol. The van der Waals surface area contributed by atoms with Crippen molar-refractivity contribution < 1.29 is 14.7 Å². The van der Waals surface area contributed by atoms with Gasteiger partial charge in [-0.3, -0.25) is 9.59 Å². The Morgan fingerprint density at radius 2 is 1.85 bits per heavy atom. The molecule has 2 aromatic rings. The number of carbonyl (C=O) groups is 2. The average molecular weight is 360 g/mol. The molecular weight excluding hydrogens is 340 g/mol. The fourth-order valence-corrected chi connectivity index (χ4v) is 3.28. The third-order valence-electron chi connectivity index (χ3n) is 4.60. The second kappa shape index (κ2) is 7.98. The van der Waals surface area contributed by atoms with Gasteiger partial charge in [0.2, 0.25) is 0 Å². The Bertz CT molecular complexity index is 915. The van der Waals surface area contributed by atoms with E-state index in [2.05, 4.69) is 6.07 Å². The van der Waals surface area contributed by atoms with E-state index in [1.54, 1.807) is 30.3 Å². The Morgan fingerprint density at radius 1 is 1.15 bits per heavy atom. The van der Waals surface area contributed by atoms with Gasteiger partial charge in [-0.25, -0.2) is 0 Å². The summed E-state index contributed by atoms with van der Waals surface area (Å²) in [6.07, 6.45) is 3.57. The van der Waals surface area contributed by atoms with E-state index >= 15 is 0 Å². The van der Waals surface area contributed by atoms with Crippen LogP contribution in [0.25, 0.3) is 6.08 Å². The number of benzene rings is 2. The largest absolute Gasteiger partial charge is 0.375 e. The van der Waals surface area contributed by atoms with Crippen LogP contribution >= 0.6 is 0 Å². The van der Waals surface area contributed by atoms with Gasteiger partial charge in [0.15, 0.2) is 11.4 Å². The molecule has 0 unspecified atom stereocenters. The van der Waals surface area contributed by atoms with Gasteiger partial charge in [0.05, 0.1) is 18.2 Å². The number of fused-ring (bicyclic) bond motifs is 1. The summed E-state index contributed by atoms with van der Waals surface area (Å²) in [5.74, 6) is -0.841. The van der Waals surface area contributed by atoms with Crippen LogP contribution in [0, 0.1) is 11.3 Å². The number of unbranched alkanes of at least 4 members (excludes halogenated alkanes) is 1. The summed E-state index contributed by atoms with van der Waals surface area (Å²) in [6, 6.07) is 18.4. The number of amides is 1. The average Bonchev–Trinajstić information content (AvgIpc) is 2.89. The highest BCUT2D eigenvalue weighted by molar-refractivity contribution is 6.10. The van der Waals surface area contributed by atoms with Crippen molar-refractivity contribution in [2.75, 3.05) is 11.4 Å². The van der Waals surface area contributed by atoms with Crippen molar-refractivity contribution in [2.45, 2.75) is 24.9 Å². The van der Waals surface area contributed by atoms with Crippen molar-refractivity contribution in [3.63, 3.8) is 0 Å². The summed E-state index contributed by atoms with van der Waals surface area (Å²) in [5, 5.41) is 19.8. The van der Waals surface area contributed by atoms with Gasteiger partial charge in [0, 0.05) is 18.5 Å². The SMILES string of the molecule is N#CCCCN1C(=O)[C@@](O)(CC(=O)/C=C/c2ccccc2)c2ccccc21. The van der Waals surface area contributed by atoms with Crippen LogP contribution in [0.2, 0.25) is 0 Å². The zero-order valence-corrected chi connectivity index (χ0v) is 14.8. The minimum absolute atomic E-state index is 0.319. The standard InChI is InChI=1S/C22H20N2O3/c23-14-6-7-15-24-20-11-5-4-10-19(20)22(27,21(24)26)16-18(25)13-12-17-8-2-1-3-9-17/h1-5,8-13,27H,6-7,15-16H2/b13-12+/t22-/m1/s1. The Balaban J connectivity index is 1.81. The Kier molecular flexibility index (Phi) is 5.49. The van der Waals surface area contributed by atoms with E-state index in [-0.39, 0.29) is 12.2 Å². The van der Waals surface area contributed by atoms with Crippen molar-refractivity contribution >= 4 is 23.5 Å². The minimum atomic E-state index is -1.87. The number of aliphatic hydroxyl groups is 1. The number of hydrogen-bond donors (Lipinski definition) is 1. The van der Waals surface area contributed by atoms with Crippen molar-refractivity contribution in [3.05, 3.63) is 71.8 Å². The van der Waals surface area contributed by atoms with Gasteiger partial charge in [-0.2, -0.15) is 5.26 Å². The fourth-order valence-electron chi connectivity index (χ4n) is 3.28. The van der Waals surface area contributed by atoms with Crippen molar-refractivity contribution in [1.82, 2.24) is 0 Å². The van der Waals surface area contributed by atoms with Gasteiger partial charge in [-0.05, 0) is 24.1 Å². The van der Waals surface area contributed by atoms with Crippen LogP contribution in [0.5, 0.6) is 0 Å². The lowest BCUT2D eigenvalue weighted by Crippen LogP contribution is -2.42. The molecule has 5 nitrogen and oxygen atoms in total. The predicted molar refractivity (Wildman–Crippen MR) is 103 cm³/mol. The normalized spacial score (nSPS) is 18.5. The van der Waals surface area contributed by atoms with E-state index in [1.807, 2.05) is 30.3 Å². The van der Waals surface area contributed by atoms with Gasteiger partial charge < -0.3 is 10.0 Å². The van der Waals surface area contributed by atoms with E-state index in [4.69, 9.17) is 5.26 Å². The molecule has 0 radical (unpaired) electrons. The highest BCUT2D eigenvalue weighted by atomic mass is 16.3. The first-order chi connectivity index (χ1) is 13.1. The Labute approximate surface area is 158 Å². The summed E-state index contributed by atoms with van der Waals surface area (Å²) in [7, 11) is 0. The van der Waals surface area contributed by atoms with Crippen LogP contribution in [-0.4, -0.2) is 23.3 Å². The molecule has 1 N–H and O–H groups in total. The highest BCUT2D eigenvalue weighted by Crippen LogP contribution is 2.42. The lowest BCUT2D eigenvalue weighted by molar-refractivity contribution is -0.140. The minimum Gasteiger partial charge on any atom is -0.375 e. The lowest BCUT2D eigenvalue weighted by atomic mass is 9.89. The summed E-state index contributed by atoms with van der Waals surface area (Å²) >= 11 is 0. The van der Waals surface area contributed by atoms with Gasteiger partial charge in [0.25, 0.3) is 5.91 Å². The van der Waals surface area contributed by atoms with Crippen LogP contribution < -0.4 is 4.90 Å². The zero-order chi connectivity index (χ0) is 19.3. The van der Waals surface area contributed by atoms with Crippen LogP contribution in [-0.2, 0) is 15.2 Å². The Morgan fingerprint density at radius 3 is 2.59 bits per heavy atom. The van der Waals surface area contributed by atoms with E-state index < -0.39 is 11.5 Å². The molecule has 0 saturated carbocycles. The van der Waals surface area contributed by atoms with Crippen LogP contribution in [0.15, 0.2) is 60.7 Å². The molecule has 0 saturated heterocycles. The molecule has 0 aromatic heterocycles. The van der Waals surface area contributed by atoms with Gasteiger partial charge in [-0.1, -0.05) is 54.6 Å². The number of carbonyl (C=O) groups excluding carboxylic acids is 2. The first kappa shape index (κ1) is 18.6. The smallest absolute Gasteiger partial charge is 0.264 e. The first-order valence-corrected chi connectivity index (χ1v) is 8.83. The number of nitrogens with zero attached hydrogens (tertiary/aromatic N) is 2. The third-order valence-corrected chi connectivity index (χ3v) is 4.60. The van der Waals surface area contributed by atoms with Gasteiger partial charge in [0.1, 0.15) is 0 Å². The van der Waals surface area contributed by atoms with E-state index in [0.29, 0.717) is 30.6 Å². The summed E-state index contributed by atoms with van der Waals surface area (Å²) in [4.78, 5) is 26.8. The van der Waals surface area contributed by atoms with Gasteiger partial charge in [-0.15, -0.1) is 0 Å². The van der Waals surface area contributed by atoms with Crippen molar-refractivity contribution in [1.29, 1.82) is 5.26 Å². The topological polar surface area (TPSA) is 81.4 Å². The number of allylic oxidation sites excluding steroid dienone is 1. The molecule has 2 aromatic carbocycles. The van der Waals surface area contributed by atoms with Crippen LogP contribution in [0.1, 0.15) is 30.4 Å². The molecule has 1 atom stereocenters. The quantitative estimate of drug-likeness (QED) is 0.607. The molecule has 1 aliphatic rings. The second-order valence-electron chi connectivity index (χ2n) is 6.48. The summed E-state index contributed by atoms with van der Waals surface area (Å²) in [6.45, 7) is 0.333. The number of ketones is 1. The molecule has 0 fully saturated rings. The highest BCUT2D eigenvalue weighted by Gasteiger charge is 2.50.